The molecule has 0 amide bonds. The summed E-state index contributed by atoms with van der Waals surface area (Å²) in [6.45, 7) is 0. The van der Waals surface area contributed by atoms with E-state index in [9.17, 15) is 22.7 Å². The summed E-state index contributed by atoms with van der Waals surface area (Å²) >= 11 is 0. The van der Waals surface area contributed by atoms with Crippen LogP contribution in [0.3, 0.4) is 0 Å². The lowest BCUT2D eigenvalue weighted by Crippen LogP contribution is -2.12. The van der Waals surface area contributed by atoms with Gasteiger partial charge in [-0.2, -0.15) is 13.2 Å². The molecule has 1 aromatic heterocycles. The summed E-state index contributed by atoms with van der Waals surface area (Å²) in [5.74, 6) is -1.43. The number of nitrogens with zero attached hydrogens (tertiary/aromatic N) is 1. The molecule has 2 nitrogen and oxygen atoms in total. The van der Waals surface area contributed by atoms with Crippen LogP contribution in [0.25, 0.3) is 0 Å². The number of benzene rings is 1. The van der Waals surface area contributed by atoms with Gasteiger partial charge in [0.05, 0.1) is 11.7 Å². The molecule has 0 bridgehead atoms. The number of aliphatic hydroxyl groups is 1. The molecule has 20 heavy (non-hydrogen) atoms. The van der Waals surface area contributed by atoms with E-state index in [1.54, 1.807) is 12.1 Å². The van der Waals surface area contributed by atoms with E-state index in [-0.39, 0.29) is 12.0 Å². The first-order chi connectivity index (χ1) is 9.39. The lowest BCUT2D eigenvalue weighted by Gasteiger charge is -2.15. The second-order valence-electron chi connectivity index (χ2n) is 4.28. The highest BCUT2D eigenvalue weighted by Gasteiger charge is 2.35. The average Bonchev–Trinajstić information content (AvgIpc) is 2.38. The molecular weight excluding hydrogens is 274 g/mol. The predicted molar refractivity (Wildman–Crippen MR) is 64.3 cm³/mol. The Bertz CT molecular complexity index is 583. The van der Waals surface area contributed by atoms with Gasteiger partial charge in [-0.15, -0.1) is 0 Å². The molecule has 1 unspecified atom stereocenters. The molecule has 1 atom stereocenters. The number of rotatable bonds is 3. The number of halogens is 4. The molecule has 6 heteroatoms. The van der Waals surface area contributed by atoms with Crippen LogP contribution < -0.4 is 0 Å². The molecule has 0 saturated heterocycles. The Morgan fingerprint density at radius 2 is 1.75 bits per heavy atom. The molecule has 1 heterocycles. The molecule has 0 spiro atoms. The minimum atomic E-state index is -4.78. The Morgan fingerprint density at radius 3 is 2.35 bits per heavy atom. The zero-order chi connectivity index (χ0) is 14.8. The quantitative estimate of drug-likeness (QED) is 0.875. The van der Waals surface area contributed by atoms with Crippen LogP contribution in [0.4, 0.5) is 17.6 Å². The summed E-state index contributed by atoms with van der Waals surface area (Å²) in [5, 5.41) is 9.92. The zero-order valence-electron chi connectivity index (χ0n) is 10.2. The Kier molecular flexibility index (Phi) is 4.04. The van der Waals surface area contributed by atoms with Gasteiger partial charge in [0.1, 0.15) is 5.82 Å². The number of hydrogen-bond acceptors (Lipinski definition) is 2. The van der Waals surface area contributed by atoms with Gasteiger partial charge < -0.3 is 5.11 Å². The third-order valence-corrected chi connectivity index (χ3v) is 2.87. The highest BCUT2D eigenvalue weighted by Crippen LogP contribution is 2.34. The van der Waals surface area contributed by atoms with Crippen molar-refractivity contribution in [2.45, 2.75) is 18.7 Å². The van der Waals surface area contributed by atoms with Crippen LogP contribution in [0, 0.1) is 5.82 Å². The summed E-state index contributed by atoms with van der Waals surface area (Å²) < 4.78 is 51.6. The van der Waals surface area contributed by atoms with Gasteiger partial charge in [0.25, 0.3) is 0 Å². The molecule has 1 N–H and O–H groups in total. The fraction of sp³-hybridized carbons (Fsp3) is 0.214. The monoisotopic (exact) mass is 285 g/mol. The van der Waals surface area contributed by atoms with Crippen molar-refractivity contribution in [1.29, 1.82) is 0 Å². The second kappa shape index (κ2) is 5.58. The van der Waals surface area contributed by atoms with Gasteiger partial charge >= 0.3 is 6.18 Å². The fourth-order valence-electron chi connectivity index (χ4n) is 1.88. The number of alkyl halides is 3. The first-order valence-electron chi connectivity index (χ1n) is 5.82. The maximum Gasteiger partial charge on any atom is 0.419 e. The molecule has 0 saturated carbocycles. The van der Waals surface area contributed by atoms with E-state index < -0.39 is 23.7 Å². The van der Waals surface area contributed by atoms with E-state index in [0.29, 0.717) is 11.6 Å². The Hall–Kier alpha value is -1.95. The van der Waals surface area contributed by atoms with E-state index in [1.807, 2.05) is 0 Å². The number of aliphatic hydroxyl groups excluding tert-OH is 1. The van der Waals surface area contributed by atoms with Crippen molar-refractivity contribution < 1.29 is 22.7 Å². The molecule has 1 aromatic carbocycles. The fourth-order valence-corrected chi connectivity index (χ4v) is 1.88. The third kappa shape index (κ3) is 3.14. The first-order valence-corrected chi connectivity index (χ1v) is 5.82. The summed E-state index contributed by atoms with van der Waals surface area (Å²) in [4.78, 5) is 3.78. The third-order valence-electron chi connectivity index (χ3n) is 2.87. The Morgan fingerprint density at radius 1 is 1.10 bits per heavy atom. The molecule has 2 rings (SSSR count). The van der Waals surface area contributed by atoms with Gasteiger partial charge in [-0.3, -0.25) is 4.98 Å². The molecule has 0 aliphatic carbocycles. The van der Waals surface area contributed by atoms with Gasteiger partial charge in [-0.25, -0.2) is 4.39 Å². The lowest BCUT2D eigenvalue weighted by atomic mass is 9.99. The van der Waals surface area contributed by atoms with Gasteiger partial charge in [0, 0.05) is 24.4 Å². The lowest BCUT2D eigenvalue weighted by molar-refractivity contribution is -0.140. The normalized spacial score (nSPS) is 13.2. The molecule has 106 valence electrons. The molecule has 0 fully saturated rings. The van der Waals surface area contributed by atoms with Crippen molar-refractivity contribution in [3.63, 3.8) is 0 Å². The maximum absolute atomic E-state index is 13.8. The predicted octanol–water partition coefficient (Wildman–Crippen LogP) is 3.52. The standard InChI is InChI=1S/C14H11F4NO/c15-13-10(2-1-3-11(13)14(16,17)18)12(20)8-9-4-6-19-7-5-9/h1-7,12,20H,8H2. The van der Waals surface area contributed by atoms with Crippen LogP contribution in [0.5, 0.6) is 0 Å². The van der Waals surface area contributed by atoms with Crippen molar-refractivity contribution in [2.24, 2.45) is 0 Å². The molecule has 0 aliphatic heterocycles. The van der Waals surface area contributed by atoms with Crippen LogP contribution >= 0.6 is 0 Å². The van der Waals surface area contributed by atoms with Gasteiger partial charge in [0.2, 0.25) is 0 Å². The van der Waals surface area contributed by atoms with Crippen LogP contribution in [0.2, 0.25) is 0 Å². The van der Waals surface area contributed by atoms with Crippen molar-refractivity contribution in [3.05, 3.63) is 65.2 Å². The number of pyridine rings is 1. The van der Waals surface area contributed by atoms with E-state index in [0.717, 1.165) is 12.1 Å². The van der Waals surface area contributed by atoms with E-state index >= 15 is 0 Å². The SMILES string of the molecule is OC(Cc1ccncc1)c1cccc(C(F)(F)F)c1F. The molecule has 0 aliphatic rings. The smallest absolute Gasteiger partial charge is 0.388 e. The second-order valence-corrected chi connectivity index (χ2v) is 4.28. The summed E-state index contributed by atoms with van der Waals surface area (Å²) in [5.41, 5.74) is -1.08. The van der Waals surface area contributed by atoms with Crippen LogP contribution in [0.1, 0.15) is 22.8 Å². The van der Waals surface area contributed by atoms with Crippen LogP contribution in [0.15, 0.2) is 42.7 Å². The summed E-state index contributed by atoms with van der Waals surface area (Å²) in [7, 11) is 0. The zero-order valence-corrected chi connectivity index (χ0v) is 10.2. The molecular formula is C14H11F4NO. The van der Waals surface area contributed by atoms with Gasteiger partial charge in [-0.1, -0.05) is 12.1 Å². The van der Waals surface area contributed by atoms with Gasteiger partial charge in [-0.05, 0) is 23.8 Å². The molecule has 0 radical (unpaired) electrons. The number of aromatic nitrogens is 1. The van der Waals surface area contributed by atoms with E-state index in [1.165, 1.54) is 12.4 Å². The maximum atomic E-state index is 13.8. The van der Waals surface area contributed by atoms with Crippen LogP contribution in [-0.2, 0) is 12.6 Å². The Balaban J connectivity index is 2.29. The largest absolute Gasteiger partial charge is 0.419 e. The molecule has 2 aromatic rings. The summed E-state index contributed by atoms with van der Waals surface area (Å²) in [6, 6.07) is 6.09. The van der Waals surface area contributed by atoms with Gasteiger partial charge in [0.15, 0.2) is 0 Å². The van der Waals surface area contributed by atoms with Crippen molar-refractivity contribution in [2.75, 3.05) is 0 Å². The highest BCUT2D eigenvalue weighted by atomic mass is 19.4. The van der Waals surface area contributed by atoms with Crippen molar-refractivity contribution in [1.82, 2.24) is 4.98 Å². The summed E-state index contributed by atoms with van der Waals surface area (Å²) in [6.07, 6.45) is -3.13. The topological polar surface area (TPSA) is 33.1 Å². The highest BCUT2D eigenvalue weighted by molar-refractivity contribution is 5.30. The van der Waals surface area contributed by atoms with E-state index in [4.69, 9.17) is 0 Å². The number of hydrogen-bond donors (Lipinski definition) is 1. The van der Waals surface area contributed by atoms with E-state index in [2.05, 4.69) is 4.98 Å². The minimum absolute atomic E-state index is 0.0146. The van der Waals surface area contributed by atoms with Crippen molar-refractivity contribution >= 4 is 0 Å². The van der Waals surface area contributed by atoms with Crippen LogP contribution in [-0.4, -0.2) is 10.1 Å². The minimum Gasteiger partial charge on any atom is -0.388 e. The Labute approximate surface area is 112 Å². The average molecular weight is 285 g/mol. The first kappa shape index (κ1) is 14.5. The van der Waals surface area contributed by atoms with Crippen molar-refractivity contribution in [3.8, 4) is 0 Å².